The summed E-state index contributed by atoms with van der Waals surface area (Å²) < 4.78 is 15.3. The van der Waals surface area contributed by atoms with Gasteiger partial charge in [-0.05, 0) is 76.0 Å². The summed E-state index contributed by atoms with van der Waals surface area (Å²) >= 11 is 0. The third-order valence-electron chi connectivity index (χ3n) is 11.2. The molecule has 4 fully saturated rings. The van der Waals surface area contributed by atoms with Crippen LogP contribution in [0.4, 0.5) is 27.5 Å². The Labute approximate surface area is 287 Å². The number of carbonyl (C=O) groups is 2. The number of hydrogen-bond acceptors (Lipinski definition) is 9. The number of H-pyrrole nitrogens is 1. The van der Waals surface area contributed by atoms with Crippen molar-refractivity contribution in [3.05, 3.63) is 42.1 Å². The number of para-hydroxylation sites is 1. The molecule has 13 heteroatoms. The first-order chi connectivity index (χ1) is 23.8. The van der Waals surface area contributed by atoms with Crippen LogP contribution in [-0.4, -0.2) is 83.6 Å². The minimum absolute atomic E-state index is 0.0943. The molecule has 262 valence electrons. The van der Waals surface area contributed by atoms with Gasteiger partial charge < -0.3 is 36.1 Å². The fraction of sp³-hybridized carbons (Fsp3) is 0.583. The standard InChI is InChI=1S/C36H49FN10O2/c1-23-11-12-24(33(48)41-25-7-4-3-5-8-25)21-47(23)30-19-28(44-35(38-2)45-30)29-20-40-32(42-29)34(49)43-27-10-6-9-26(37)31(27)46-17-14-36(15-18-46)13-16-39-22-36/h6,9-10,19-20,23-25,39H,3-5,7-8,11-18,21-22H2,1-2H3,(H,40,42)(H,41,48)(H,43,49)(H,38,44,45). The molecule has 1 spiro atoms. The highest BCUT2D eigenvalue weighted by Crippen LogP contribution is 2.40. The molecule has 12 nitrogen and oxygen atoms in total. The normalized spacial score (nSPS) is 22.7. The largest absolute Gasteiger partial charge is 0.367 e. The Morgan fingerprint density at radius 2 is 1.86 bits per heavy atom. The second kappa shape index (κ2) is 14.3. The van der Waals surface area contributed by atoms with E-state index in [1.54, 1.807) is 25.4 Å². The molecule has 4 aliphatic rings. The fourth-order valence-electron chi connectivity index (χ4n) is 8.15. The maximum atomic E-state index is 15.3. The van der Waals surface area contributed by atoms with Crippen LogP contribution < -0.4 is 31.1 Å². The summed E-state index contributed by atoms with van der Waals surface area (Å²) in [6, 6.07) is 7.14. The number of nitrogens with one attached hydrogen (secondary N) is 5. The van der Waals surface area contributed by atoms with Gasteiger partial charge in [-0.2, -0.15) is 4.98 Å². The van der Waals surface area contributed by atoms with Gasteiger partial charge in [-0.1, -0.05) is 25.3 Å². The molecule has 2 unspecified atom stereocenters. The Morgan fingerprint density at radius 1 is 1.04 bits per heavy atom. The summed E-state index contributed by atoms with van der Waals surface area (Å²) in [5.74, 6) is 0.424. The molecule has 49 heavy (non-hydrogen) atoms. The van der Waals surface area contributed by atoms with Crippen molar-refractivity contribution in [2.45, 2.75) is 83.2 Å². The molecule has 2 amide bonds. The van der Waals surface area contributed by atoms with E-state index in [9.17, 15) is 9.59 Å². The van der Waals surface area contributed by atoms with Crippen molar-refractivity contribution >= 4 is 35.0 Å². The van der Waals surface area contributed by atoms with Crippen molar-refractivity contribution in [1.29, 1.82) is 0 Å². The third kappa shape index (κ3) is 7.22. The zero-order valence-electron chi connectivity index (χ0n) is 28.7. The Balaban J connectivity index is 1.06. The van der Waals surface area contributed by atoms with E-state index in [0.29, 0.717) is 46.5 Å². The maximum absolute atomic E-state index is 15.3. The van der Waals surface area contributed by atoms with Crippen LogP contribution in [0.5, 0.6) is 0 Å². The number of nitrogens with zero attached hydrogens (tertiary/aromatic N) is 5. The maximum Gasteiger partial charge on any atom is 0.291 e. The Kier molecular flexibility index (Phi) is 9.71. The number of piperidine rings is 2. The molecule has 2 atom stereocenters. The Hall–Kier alpha value is -4.26. The van der Waals surface area contributed by atoms with Crippen LogP contribution in [0.1, 0.15) is 81.8 Å². The van der Waals surface area contributed by atoms with E-state index in [1.807, 2.05) is 6.07 Å². The summed E-state index contributed by atoms with van der Waals surface area (Å²) in [7, 11) is 1.76. The molecule has 3 aliphatic heterocycles. The highest BCUT2D eigenvalue weighted by Gasteiger charge is 2.38. The molecule has 1 aliphatic carbocycles. The first-order valence-corrected chi connectivity index (χ1v) is 18.1. The number of imidazole rings is 1. The van der Waals surface area contributed by atoms with E-state index in [4.69, 9.17) is 4.98 Å². The zero-order chi connectivity index (χ0) is 34.0. The van der Waals surface area contributed by atoms with E-state index in [0.717, 1.165) is 71.1 Å². The van der Waals surface area contributed by atoms with Gasteiger partial charge in [0.1, 0.15) is 11.6 Å². The number of halogens is 1. The van der Waals surface area contributed by atoms with Crippen molar-refractivity contribution in [3.8, 4) is 11.4 Å². The number of hydrogen-bond donors (Lipinski definition) is 5. The van der Waals surface area contributed by atoms with Gasteiger partial charge in [-0.25, -0.2) is 14.4 Å². The van der Waals surface area contributed by atoms with Crippen LogP contribution in [0, 0.1) is 17.2 Å². The molecule has 5 N–H and O–H groups in total. The number of benzene rings is 1. The molecule has 3 saturated heterocycles. The van der Waals surface area contributed by atoms with Crippen LogP contribution in [0.3, 0.4) is 0 Å². The Morgan fingerprint density at radius 3 is 2.61 bits per heavy atom. The molecule has 2 aromatic heterocycles. The van der Waals surface area contributed by atoms with Crippen molar-refractivity contribution in [2.75, 3.05) is 60.2 Å². The fourth-order valence-corrected chi connectivity index (χ4v) is 8.15. The summed E-state index contributed by atoms with van der Waals surface area (Å²) in [5.41, 5.74) is 2.25. The molecular weight excluding hydrogens is 623 g/mol. The van der Waals surface area contributed by atoms with Gasteiger partial charge in [0.25, 0.3) is 5.91 Å². The number of rotatable bonds is 8. The lowest BCUT2D eigenvalue weighted by Gasteiger charge is -2.40. The predicted molar refractivity (Wildman–Crippen MR) is 189 cm³/mol. The lowest BCUT2D eigenvalue weighted by Crippen LogP contribution is -2.49. The van der Waals surface area contributed by atoms with Gasteiger partial charge in [0.2, 0.25) is 11.9 Å². The Bertz CT molecular complexity index is 1640. The smallest absolute Gasteiger partial charge is 0.291 e. The van der Waals surface area contributed by atoms with Crippen molar-refractivity contribution in [3.63, 3.8) is 0 Å². The summed E-state index contributed by atoms with van der Waals surface area (Å²) in [5, 5.41) is 12.8. The predicted octanol–water partition coefficient (Wildman–Crippen LogP) is 4.93. The number of aromatic nitrogens is 4. The zero-order valence-corrected chi connectivity index (χ0v) is 28.7. The minimum atomic E-state index is -0.467. The first kappa shape index (κ1) is 33.2. The molecule has 7 rings (SSSR count). The monoisotopic (exact) mass is 672 g/mol. The highest BCUT2D eigenvalue weighted by molar-refractivity contribution is 6.04. The van der Waals surface area contributed by atoms with Crippen LogP contribution in [-0.2, 0) is 4.79 Å². The lowest BCUT2D eigenvalue weighted by molar-refractivity contribution is -0.126. The SMILES string of the molecule is CNc1nc(-c2cnc(C(=O)Nc3cccc(F)c3N3CCC4(CCNC4)CC3)[nH]2)cc(N2CC(C(=O)NC3CCCCC3)CCC2C)n1. The summed E-state index contributed by atoms with van der Waals surface area (Å²) in [6.45, 7) is 6.25. The van der Waals surface area contributed by atoms with E-state index in [1.165, 1.54) is 25.3 Å². The third-order valence-corrected chi connectivity index (χ3v) is 11.2. The molecule has 1 saturated carbocycles. The van der Waals surface area contributed by atoms with Crippen molar-refractivity contribution in [2.24, 2.45) is 11.3 Å². The van der Waals surface area contributed by atoms with Gasteiger partial charge in [0, 0.05) is 51.4 Å². The first-order valence-electron chi connectivity index (χ1n) is 18.1. The lowest BCUT2D eigenvalue weighted by atomic mass is 9.77. The second-order valence-corrected chi connectivity index (χ2v) is 14.5. The van der Waals surface area contributed by atoms with E-state index >= 15 is 4.39 Å². The van der Waals surface area contributed by atoms with Gasteiger partial charge in [-0.15, -0.1) is 0 Å². The van der Waals surface area contributed by atoms with Crippen LogP contribution in [0.2, 0.25) is 0 Å². The average Bonchev–Trinajstić information content (AvgIpc) is 3.80. The number of anilines is 4. The van der Waals surface area contributed by atoms with Gasteiger partial charge in [-0.3, -0.25) is 9.59 Å². The van der Waals surface area contributed by atoms with E-state index in [2.05, 4.69) is 52.9 Å². The molecular formula is C36H49FN10O2. The van der Waals surface area contributed by atoms with Crippen LogP contribution in [0.25, 0.3) is 11.4 Å². The second-order valence-electron chi connectivity index (χ2n) is 14.5. The molecule has 0 bridgehead atoms. The van der Waals surface area contributed by atoms with Gasteiger partial charge in [0.05, 0.1) is 34.9 Å². The minimum Gasteiger partial charge on any atom is -0.367 e. The highest BCUT2D eigenvalue weighted by atomic mass is 19.1. The van der Waals surface area contributed by atoms with Crippen molar-refractivity contribution < 1.29 is 14.0 Å². The van der Waals surface area contributed by atoms with Gasteiger partial charge in [0.15, 0.2) is 5.82 Å². The molecule has 5 heterocycles. The quantitative estimate of drug-likeness (QED) is 0.225. The van der Waals surface area contributed by atoms with E-state index < -0.39 is 5.91 Å². The number of aromatic amines is 1. The summed E-state index contributed by atoms with van der Waals surface area (Å²) in [4.78, 5) is 47.9. The van der Waals surface area contributed by atoms with Crippen LogP contribution in [0.15, 0.2) is 30.5 Å². The molecule has 1 aromatic carbocycles. The van der Waals surface area contributed by atoms with Crippen LogP contribution >= 0.6 is 0 Å². The average molecular weight is 673 g/mol. The van der Waals surface area contributed by atoms with E-state index in [-0.39, 0.29) is 35.6 Å². The molecule has 3 aromatic rings. The summed E-state index contributed by atoms with van der Waals surface area (Å²) in [6.07, 6.45) is 12.1. The van der Waals surface area contributed by atoms with Gasteiger partial charge >= 0.3 is 0 Å². The topological polar surface area (TPSA) is 143 Å². The molecule has 0 radical (unpaired) electrons. The van der Waals surface area contributed by atoms with Crippen molar-refractivity contribution in [1.82, 2.24) is 30.6 Å². The number of amides is 2. The number of carbonyl (C=O) groups excluding carboxylic acids is 2.